The second-order valence-corrected chi connectivity index (χ2v) is 5.78. The highest BCUT2D eigenvalue weighted by molar-refractivity contribution is 5.76. The van der Waals surface area contributed by atoms with E-state index < -0.39 is 0 Å². The number of aromatic nitrogens is 1. The minimum atomic E-state index is 0.205. The van der Waals surface area contributed by atoms with Crippen LogP contribution in [-0.2, 0) is 11.3 Å². The Hall–Kier alpha value is -1.38. The van der Waals surface area contributed by atoms with Crippen molar-refractivity contribution in [3.8, 4) is 0 Å². The first-order valence-corrected chi connectivity index (χ1v) is 6.97. The fourth-order valence-electron chi connectivity index (χ4n) is 3.64. The lowest BCUT2D eigenvalue weighted by Gasteiger charge is -2.20. The Morgan fingerprint density at radius 2 is 2.33 bits per heavy atom. The van der Waals surface area contributed by atoms with Gasteiger partial charge < -0.3 is 5.32 Å². The van der Waals surface area contributed by atoms with E-state index in [1.54, 1.807) is 12.4 Å². The second kappa shape index (κ2) is 5.09. The largest absolute Gasteiger partial charge is 0.352 e. The van der Waals surface area contributed by atoms with Crippen LogP contribution in [0.4, 0.5) is 0 Å². The van der Waals surface area contributed by atoms with Gasteiger partial charge in [-0.1, -0.05) is 12.5 Å². The van der Waals surface area contributed by atoms with Gasteiger partial charge >= 0.3 is 0 Å². The minimum Gasteiger partial charge on any atom is -0.352 e. The second-order valence-electron chi connectivity index (χ2n) is 5.78. The molecular formula is C15H20N2O. The summed E-state index contributed by atoms with van der Waals surface area (Å²) in [7, 11) is 0. The predicted molar refractivity (Wildman–Crippen MR) is 69.6 cm³/mol. The number of carbonyl (C=O) groups excluding carboxylic acids is 1. The van der Waals surface area contributed by atoms with E-state index in [9.17, 15) is 4.79 Å². The van der Waals surface area contributed by atoms with Gasteiger partial charge in [-0.3, -0.25) is 9.78 Å². The van der Waals surface area contributed by atoms with E-state index in [1.165, 1.54) is 25.7 Å². The summed E-state index contributed by atoms with van der Waals surface area (Å²) < 4.78 is 0. The molecule has 18 heavy (non-hydrogen) atoms. The van der Waals surface area contributed by atoms with E-state index in [-0.39, 0.29) is 5.91 Å². The van der Waals surface area contributed by atoms with Crippen molar-refractivity contribution >= 4 is 5.91 Å². The maximum Gasteiger partial charge on any atom is 0.220 e. The molecule has 0 unspecified atom stereocenters. The quantitative estimate of drug-likeness (QED) is 0.884. The molecule has 0 spiro atoms. The number of hydrogen-bond acceptors (Lipinski definition) is 2. The van der Waals surface area contributed by atoms with E-state index >= 15 is 0 Å². The van der Waals surface area contributed by atoms with Crippen LogP contribution >= 0.6 is 0 Å². The van der Waals surface area contributed by atoms with Crippen LogP contribution in [0.5, 0.6) is 0 Å². The van der Waals surface area contributed by atoms with Gasteiger partial charge in [-0.25, -0.2) is 0 Å². The summed E-state index contributed by atoms with van der Waals surface area (Å²) in [6.45, 7) is 0.605. The molecule has 1 amide bonds. The summed E-state index contributed by atoms with van der Waals surface area (Å²) in [6, 6.07) is 3.89. The maximum atomic E-state index is 11.9. The Labute approximate surface area is 108 Å². The van der Waals surface area contributed by atoms with Crippen LogP contribution in [0.25, 0.3) is 0 Å². The molecular weight excluding hydrogens is 224 g/mol. The topological polar surface area (TPSA) is 42.0 Å². The van der Waals surface area contributed by atoms with Gasteiger partial charge in [-0.15, -0.1) is 0 Å². The van der Waals surface area contributed by atoms with Gasteiger partial charge in [0.05, 0.1) is 0 Å². The first kappa shape index (κ1) is 11.7. The lowest BCUT2D eigenvalue weighted by Crippen LogP contribution is -2.26. The van der Waals surface area contributed by atoms with E-state index in [0.29, 0.717) is 12.5 Å². The predicted octanol–water partition coefficient (Wildman–Crippen LogP) is 2.52. The summed E-state index contributed by atoms with van der Waals surface area (Å²) in [6.07, 6.45) is 9.69. The highest BCUT2D eigenvalue weighted by Crippen LogP contribution is 2.49. The molecule has 0 radical (unpaired) electrons. The molecule has 2 aliphatic rings. The molecule has 96 valence electrons. The summed E-state index contributed by atoms with van der Waals surface area (Å²) in [5.41, 5.74) is 1.07. The molecule has 2 bridgehead atoms. The molecule has 3 atom stereocenters. The number of nitrogens with one attached hydrogen (secondary N) is 1. The van der Waals surface area contributed by atoms with Crippen molar-refractivity contribution in [2.45, 2.75) is 38.6 Å². The molecule has 0 saturated heterocycles. The number of fused-ring (bicyclic) bond motifs is 2. The number of pyridine rings is 1. The molecule has 1 heterocycles. The molecule has 3 rings (SSSR count). The Bertz CT molecular complexity index is 418. The zero-order valence-corrected chi connectivity index (χ0v) is 10.6. The summed E-state index contributed by atoms with van der Waals surface area (Å²) in [4.78, 5) is 16.0. The lowest BCUT2D eigenvalue weighted by molar-refractivity contribution is -0.122. The van der Waals surface area contributed by atoms with Gasteiger partial charge in [0.1, 0.15) is 0 Å². The van der Waals surface area contributed by atoms with Gasteiger partial charge in [-0.2, -0.15) is 0 Å². The van der Waals surface area contributed by atoms with E-state index in [4.69, 9.17) is 0 Å². The summed E-state index contributed by atoms with van der Waals surface area (Å²) in [5, 5.41) is 3.01. The Kier molecular flexibility index (Phi) is 3.31. The van der Waals surface area contributed by atoms with Gasteiger partial charge in [0.15, 0.2) is 0 Å². The van der Waals surface area contributed by atoms with Crippen molar-refractivity contribution < 1.29 is 4.79 Å². The Balaban J connectivity index is 1.45. The third-order valence-corrected chi connectivity index (χ3v) is 4.54. The molecule has 1 aromatic rings. The van der Waals surface area contributed by atoms with Crippen LogP contribution in [0.1, 0.15) is 37.7 Å². The fourth-order valence-corrected chi connectivity index (χ4v) is 3.64. The van der Waals surface area contributed by atoms with Crippen molar-refractivity contribution in [3.05, 3.63) is 30.1 Å². The average Bonchev–Trinajstić information content (AvgIpc) is 3.00. The highest BCUT2D eigenvalue weighted by Gasteiger charge is 2.39. The van der Waals surface area contributed by atoms with Crippen LogP contribution in [0.3, 0.4) is 0 Å². The number of carbonyl (C=O) groups is 1. The van der Waals surface area contributed by atoms with Crippen molar-refractivity contribution in [3.63, 3.8) is 0 Å². The molecule has 1 N–H and O–H groups in total. The van der Waals surface area contributed by atoms with E-state index in [1.807, 2.05) is 12.1 Å². The maximum absolute atomic E-state index is 11.9. The molecule has 0 aromatic carbocycles. The summed E-state index contributed by atoms with van der Waals surface area (Å²) >= 11 is 0. The highest BCUT2D eigenvalue weighted by atomic mass is 16.1. The van der Waals surface area contributed by atoms with Crippen molar-refractivity contribution in [1.29, 1.82) is 0 Å². The molecule has 3 heteroatoms. The van der Waals surface area contributed by atoms with Crippen LogP contribution in [0, 0.1) is 17.8 Å². The molecule has 2 aliphatic carbocycles. The first-order chi connectivity index (χ1) is 8.81. The van der Waals surface area contributed by atoms with Crippen molar-refractivity contribution in [2.24, 2.45) is 17.8 Å². The van der Waals surface area contributed by atoms with Crippen molar-refractivity contribution in [1.82, 2.24) is 10.3 Å². The van der Waals surface area contributed by atoms with Crippen LogP contribution < -0.4 is 5.32 Å². The van der Waals surface area contributed by atoms with E-state index in [2.05, 4.69) is 10.3 Å². The zero-order valence-electron chi connectivity index (χ0n) is 10.6. The third kappa shape index (κ3) is 2.55. The zero-order chi connectivity index (χ0) is 12.4. The molecule has 0 aliphatic heterocycles. The number of rotatable bonds is 4. The van der Waals surface area contributed by atoms with Gasteiger partial charge in [-0.05, 0) is 48.6 Å². The van der Waals surface area contributed by atoms with Crippen LogP contribution in [-0.4, -0.2) is 10.9 Å². The molecule has 2 saturated carbocycles. The molecule has 3 nitrogen and oxygen atoms in total. The lowest BCUT2D eigenvalue weighted by atomic mass is 9.86. The minimum absolute atomic E-state index is 0.205. The van der Waals surface area contributed by atoms with Gasteiger partial charge in [0, 0.05) is 25.4 Å². The molecule has 1 aromatic heterocycles. The number of hydrogen-bond donors (Lipinski definition) is 1. The van der Waals surface area contributed by atoms with Gasteiger partial charge in [0.2, 0.25) is 5.91 Å². The normalized spacial score (nSPS) is 29.4. The number of amides is 1. The standard InChI is InChI=1S/C15H20N2O/c18-15(17-10-12-2-1-5-16-9-12)8-14-7-11-3-4-13(14)6-11/h1-2,5,9,11,13-14H,3-4,6-8,10H2,(H,17,18)/t11-,13-,14+/m0/s1. The smallest absolute Gasteiger partial charge is 0.220 e. The Morgan fingerprint density at radius 1 is 1.39 bits per heavy atom. The summed E-state index contributed by atoms with van der Waals surface area (Å²) in [5.74, 6) is 2.61. The SMILES string of the molecule is O=C(C[C@H]1C[C@H]2CC[C@H]1C2)NCc1cccnc1. The van der Waals surface area contributed by atoms with Crippen LogP contribution in [0.2, 0.25) is 0 Å². The van der Waals surface area contributed by atoms with Crippen molar-refractivity contribution in [2.75, 3.05) is 0 Å². The number of nitrogens with zero attached hydrogens (tertiary/aromatic N) is 1. The van der Waals surface area contributed by atoms with Crippen LogP contribution in [0.15, 0.2) is 24.5 Å². The average molecular weight is 244 g/mol. The molecule has 2 fully saturated rings. The van der Waals surface area contributed by atoms with Gasteiger partial charge in [0.25, 0.3) is 0 Å². The Morgan fingerprint density at radius 3 is 3.00 bits per heavy atom. The monoisotopic (exact) mass is 244 g/mol. The third-order valence-electron chi connectivity index (χ3n) is 4.54. The fraction of sp³-hybridized carbons (Fsp3) is 0.600. The first-order valence-electron chi connectivity index (χ1n) is 6.97. The van der Waals surface area contributed by atoms with E-state index in [0.717, 1.165) is 23.8 Å².